The standard InChI is InChI=1S/C63H110O12S/c1-3-5-7-9-11-13-15-17-19-21-23-25-27-28-29-31-33-35-37-39-41-43-45-47-49-51-53-71-55-57(56-72-63-61(67)62(75-76(68,69)70)60(66)58(54-64)74-63)73-59(65)52-50-48-46-44-42-40-38-36-34-32-30-26-24-22-20-18-16-14-12-10-8-6-4-2/h6,8,12,14-15,17-18,20-21,23-24,26-28,57-58,60-64,66-67H,3-5,7,9-11,13,16,19,22,25,29-56H2,1-2H3,(H,68,69,70)/b8-6-,14-12-,17-15-,20-18-,23-21-,26-24-,28-27-. The minimum atomic E-state index is -5.07. The van der Waals surface area contributed by atoms with Gasteiger partial charge in [0.2, 0.25) is 0 Å². The highest BCUT2D eigenvalue weighted by Gasteiger charge is 2.48. The predicted octanol–water partition coefficient (Wildman–Crippen LogP) is 15.5. The Bertz CT molecular complexity index is 1640. The van der Waals surface area contributed by atoms with Crippen molar-refractivity contribution in [2.75, 3.05) is 26.4 Å². The van der Waals surface area contributed by atoms with Crippen molar-refractivity contribution < 1.29 is 56.2 Å². The molecule has 1 fully saturated rings. The molecule has 0 amide bonds. The van der Waals surface area contributed by atoms with Gasteiger partial charge in [0.15, 0.2) is 6.29 Å². The van der Waals surface area contributed by atoms with Crippen molar-refractivity contribution in [3.8, 4) is 0 Å². The van der Waals surface area contributed by atoms with E-state index in [1.807, 2.05) is 0 Å². The second-order valence-corrected chi connectivity index (χ2v) is 21.6. The van der Waals surface area contributed by atoms with Gasteiger partial charge in [-0.05, 0) is 89.9 Å². The molecule has 6 atom stereocenters. The Hall–Kier alpha value is -2.72. The molecule has 12 nitrogen and oxygen atoms in total. The summed E-state index contributed by atoms with van der Waals surface area (Å²) in [5.41, 5.74) is 0. The molecule has 1 heterocycles. The molecule has 0 spiro atoms. The van der Waals surface area contributed by atoms with Gasteiger partial charge in [-0.2, -0.15) is 8.42 Å². The molecule has 1 saturated heterocycles. The van der Waals surface area contributed by atoms with E-state index in [0.717, 1.165) is 83.5 Å². The maximum atomic E-state index is 13.0. The topological polar surface area (TPSA) is 178 Å². The number of ether oxygens (including phenoxy) is 4. The van der Waals surface area contributed by atoms with Crippen molar-refractivity contribution in [3.05, 3.63) is 85.1 Å². The van der Waals surface area contributed by atoms with Crippen LogP contribution >= 0.6 is 0 Å². The van der Waals surface area contributed by atoms with E-state index in [2.05, 4.69) is 103 Å². The van der Waals surface area contributed by atoms with E-state index >= 15 is 0 Å². The average Bonchev–Trinajstić information content (AvgIpc) is 3.40. The van der Waals surface area contributed by atoms with Crippen molar-refractivity contribution in [1.82, 2.24) is 0 Å². The number of carbonyl (C=O) groups excluding carboxylic acids is 1. The summed E-state index contributed by atoms with van der Waals surface area (Å²) < 4.78 is 59.5. The molecule has 1 rings (SSSR count). The van der Waals surface area contributed by atoms with Crippen molar-refractivity contribution in [1.29, 1.82) is 0 Å². The average molecular weight is 1090 g/mol. The SMILES string of the molecule is CC/C=C\C/C=C\C/C=C\C/C=C\CCCCCCCCCCCCC(=O)OC(COCCCCCCCCCCCCC/C=C\C/C=C\C/C=C\CCCCCCC)COC1OC(CO)C(O)C(OS(=O)(=O)O)C1O. The highest BCUT2D eigenvalue weighted by Crippen LogP contribution is 2.26. The molecule has 6 unspecified atom stereocenters. The van der Waals surface area contributed by atoms with Crippen LogP contribution in [0.5, 0.6) is 0 Å². The van der Waals surface area contributed by atoms with Gasteiger partial charge < -0.3 is 34.3 Å². The summed E-state index contributed by atoms with van der Waals surface area (Å²) in [7, 11) is -5.07. The number of unbranched alkanes of at least 4 members (excludes halogenated alkanes) is 26. The van der Waals surface area contributed by atoms with Gasteiger partial charge in [0.05, 0.1) is 19.8 Å². The van der Waals surface area contributed by atoms with E-state index in [0.29, 0.717) is 13.0 Å². The highest BCUT2D eigenvalue weighted by molar-refractivity contribution is 7.80. The van der Waals surface area contributed by atoms with Gasteiger partial charge in [0.25, 0.3) is 0 Å². The highest BCUT2D eigenvalue weighted by atomic mass is 32.3. The maximum Gasteiger partial charge on any atom is 0.397 e. The minimum Gasteiger partial charge on any atom is -0.457 e. The third-order valence-electron chi connectivity index (χ3n) is 13.5. The molecule has 0 radical (unpaired) electrons. The molecular weight excluding hydrogens is 981 g/mol. The van der Waals surface area contributed by atoms with Crippen LogP contribution in [0, 0.1) is 0 Å². The Labute approximate surface area is 463 Å². The molecule has 13 heteroatoms. The van der Waals surface area contributed by atoms with E-state index in [4.69, 9.17) is 18.9 Å². The zero-order valence-corrected chi connectivity index (χ0v) is 48.6. The molecule has 0 aromatic rings. The number of rotatable bonds is 53. The second-order valence-electron chi connectivity index (χ2n) is 20.6. The van der Waals surface area contributed by atoms with Gasteiger partial charge in [-0.1, -0.05) is 234 Å². The summed E-state index contributed by atoms with van der Waals surface area (Å²) in [5, 5.41) is 30.9. The Morgan fingerprint density at radius 1 is 0.513 bits per heavy atom. The molecule has 1 aliphatic rings. The molecule has 0 bridgehead atoms. The van der Waals surface area contributed by atoms with Gasteiger partial charge >= 0.3 is 16.4 Å². The summed E-state index contributed by atoms with van der Waals surface area (Å²) >= 11 is 0. The van der Waals surface area contributed by atoms with Crippen LogP contribution in [0.1, 0.15) is 245 Å². The van der Waals surface area contributed by atoms with E-state index in [1.165, 1.54) is 135 Å². The number of allylic oxidation sites excluding steroid dienone is 14. The zero-order valence-electron chi connectivity index (χ0n) is 47.8. The molecule has 4 N–H and O–H groups in total. The lowest BCUT2D eigenvalue weighted by atomic mass is 9.99. The fraction of sp³-hybridized carbons (Fsp3) is 0.762. The molecule has 1 aliphatic heterocycles. The summed E-state index contributed by atoms with van der Waals surface area (Å²) in [6, 6.07) is 0. The van der Waals surface area contributed by atoms with Crippen molar-refractivity contribution in [2.24, 2.45) is 0 Å². The van der Waals surface area contributed by atoms with Crippen LogP contribution in [-0.4, -0.2) is 97.5 Å². The number of hydrogen-bond acceptors (Lipinski definition) is 11. The minimum absolute atomic E-state index is 0.0288. The lowest BCUT2D eigenvalue weighted by Crippen LogP contribution is -2.60. The number of esters is 1. The molecular formula is C63H110O12S. The maximum absolute atomic E-state index is 13.0. The Morgan fingerprint density at radius 2 is 0.908 bits per heavy atom. The van der Waals surface area contributed by atoms with E-state index < -0.39 is 59.8 Å². The van der Waals surface area contributed by atoms with E-state index in [-0.39, 0.29) is 19.6 Å². The van der Waals surface area contributed by atoms with Gasteiger partial charge in [0, 0.05) is 13.0 Å². The quantitative estimate of drug-likeness (QED) is 0.0196. The first-order chi connectivity index (χ1) is 37.1. The van der Waals surface area contributed by atoms with Gasteiger partial charge in [-0.15, -0.1) is 0 Å². The van der Waals surface area contributed by atoms with E-state index in [1.54, 1.807) is 0 Å². The summed E-state index contributed by atoms with van der Waals surface area (Å²) in [5.74, 6) is -0.405. The van der Waals surface area contributed by atoms with Crippen LogP contribution in [0.3, 0.4) is 0 Å². The Balaban J connectivity index is 2.28. The molecule has 0 saturated carbocycles. The second kappa shape index (κ2) is 53.0. The summed E-state index contributed by atoms with van der Waals surface area (Å²) in [6.45, 7) is 3.88. The monoisotopic (exact) mass is 1090 g/mol. The zero-order chi connectivity index (χ0) is 55.3. The fourth-order valence-corrected chi connectivity index (χ4v) is 9.48. The fourth-order valence-electron chi connectivity index (χ4n) is 8.97. The molecule has 76 heavy (non-hydrogen) atoms. The first kappa shape index (κ1) is 71.3. The predicted molar refractivity (Wildman–Crippen MR) is 312 cm³/mol. The smallest absolute Gasteiger partial charge is 0.397 e. The van der Waals surface area contributed by atoms with Crippen molar-refractivity contribution in [2.45, 2.75) is 282 Å². The third kappa shape index (κ3) is 45.2. The van der Waals surface area contributed by atoms with Crippen LogP contribution < -0.4 is 0 Å². The number of aliphatic hydroxyl groups excluding tert-OH is 3. The van der Waals surface area contributed by atoms with Crippen molar-refractivity contribution >= 4 is 16.4 Å². The molecule has 0 aromatic carbocycles. The lowest BCUT2D eigenvalue weighted by molar-refractivity contribution is -0.301. The van der Waals surface area contributed by atoms with Gasteiger partial charge in [-0.25, -0.2) is 4.18 Å². The van der Waals surface area contributed by atoms with Crippen LogP contribution in [0.15, 0.2) is 85.1 Å². The number of aliphatic hydroxyl groups is 3. The number of carbonyl (C=O) groups is 1. The molecule has 440 valence electrons. The van der Waals surface area contributed by atoms with Gasteiger partial charge in [0.1, 0.15) is 30.5 Å². The third-order valence-corrected chi connectivity index (χ3v) is 14.0. The van der Waals surface area contributed by atoms with Crippen LogP contribution in [0.2, 0.25) is 0 Å². The van der Waals surface area contributed by atoms with Crippen molar-refractivity contribution in [3.63, 3.8) is 0 Å². The first-order valence-corrected chi connectivity index (χ1v) is 31.7. The Morgan fingerprint density at radius 3 is 1.33 bits per heavy atom. The van der Waals surface area contributed by atoms with Crippen LogP contribution in [0.4, 0.5) is 0 Å². The lowest BCUT2D eigenvalue weighted by Gasteiger charge is -2.41. The van der Waals surface area contributed by atoms with Gasteiger partial charge in [-0.3, -0.25) is 9.35 Å². The molecule has 0 aliphatic carbocycles. The number of hydrogen-bond donors (Lipinski definition) is 4. The van der Waals surface area contributed by atoms with Crippen LogP contribution in [-0.2, 0) is 38.3 Å². The summed E-state index contributed by atoms with van der Waals surface area (Å²) in [4.78, 5) is 13.0. The first-order valence-electron chi connectivity index (χ1n) is 30.3. The normalized spacial score (nSPS) is 19.2. The molecule has 0 aromatic heterocycles. The summed E-state index contributed by atoms with van der Waals surface area (Å²) in [6.07, 6.45) is 63.3. The van der Waals surface area contributed by atoms with Crippen LogP contribution in [0.25, 0.3) is 0 Å². The largest absolute Gasteiger partial charge is 0.457 e. The Kier molecular flexibility index (Phi) is 49.7. The van der Waals surface area contributed by atoms with E-state index in [9.17, 15) is 33.1 Å².